The van der Waals surface area contributed by atoms with Gasteiger partial charge in [-0.2, -0.15) is 0 Å². The number of nitrogens with two attached hydrogens (primary N) is 1. The molecule has 0 spiro atoms. The number of nitrogens with zero attached hydrogens (tertiary/aromatic N) is 6. The van der Waals surface area contributed by atoms with Crippen LogP contribution < -0.4 is 21.7 Å². The topological polar surface area (TPSA) is 254 Å². The molecule has 2 aliphatic rings. The Labute approximate surface area is 353 Å². The Hall–Kier alpha value is -6.30. The van der Waals surface area contributed by atoms with Gasteiger partial charge in [0, 0.05) is 37.3 Å². The van der Waals surface area contributed by atoms with Crippen molar-refractivity contribution >= 4 is 46.4 Å². The van der Waals surface area contributed by atoms with E-state index in [1.807, 2.05) is 30.3 Å². The van der Waals surface area contributed by atoms with Gasteiger partial charge in [0.05, 0.1) is 41.3 Å². The number of benzene rings is 1. The summed E-state index contributed by atoms with van der Waals surface area (Å²) in [6.45, 7) is 3.40. The number of likely N-dealkylation sites (tertiary alicyclic amines) is 1. The van der Waals surface area contributed by atoms with E-state index in [1.165, 1.54) is 22.0 Å². The number of unbranched alkanes of at least 4 members (excludes halogenated alkanes) is 1. The number of rotatable bonds is 18. The largest absolute Gasteiger partial charge is 0.445 e. The fraction of sp³-hybridized carbons (Fsp3) is 0.488. The number of hydrogen-bond acceptors (Lipinski definition) is 12. The number of fused-ring (bicyclic) bond motifs is 1. The van der Waals surface area contributed by atoms with E-state index in [-0.39, 0.29) is 44.0 Å². The minimum atomic E-state index is -1.37. The van der Waals surface area contributed by atoms with E-state index in [0.717, 1.165) is 37.7 Å². The van der Waals surface area contributed by atoms with Crippen molar-refractivity contribution in [3.05, 3.63) is 84.1 Å². The monoisotopic (exact) mass is 838 g/mol. The average Bonchev–Trinajstić information content (AvgIpc) is 3.94. The van der Waals surface area contributed by atoms with Crippen molar-refractivity contribution in [2.24, 2.45) is 11.7 Å². The number of alkyl carbamates (subject to hydrolysis) is 1. The zero-order valence-electron chi connectivity index (χ0n) is 34.5. The van der Waals surface area contributed by atoms with Gasteiger partial charge < -0.3 is 36.4 Å². The van der Waals surface area contributed by atoms with Crippen LogP contribution in [0.1, 0.15) is 106 Å². The van der Waals surface area contributed by atoms with Crippen molar-refractivity contribution in [1.29, 1.82) is 0 Å². The molecular formula is C43H54N10O8. The lowest BCUT2D eigenvalue weighted by molar-refractivity contribution is -0.142. The summed E-state index contributed by atoms with van der Waals surface area (Å²) in [7, 11) is 0. The predicted octanol–water partition coefficient (Wildman–Crippen LogP) is 3.00. The van der Waals surface area contributed by atoms with Crippen LogP contribution in [-0.4, -0.2) is 102 Å². The minimum absolute atomic E-state index is 0.0144. The first-order chi connectivity index (χ1) is 29.3. The van der Waals surface area contributed by atoms with E-state index in [9.17, 15) is 33.9 Å². The summed E-state index contributed by atoms with van der Waals surface area (Å²) >= 11 is 0. The van der Waals surface area contributed by atoms with Gasteiger partial charge in [0.25, 0.3) is 11.8 Å². The normalized spacial score (nSPS) is 17.9. The highest BCUT2D eigenvalue weighted by Crippen LogP contribution is 2.33. The van der Waals surface area contributed by atoms with Crippen molar-refractivity contribution in [3.63, 3.8) is 0 Å². The zero-order chi connectivity index (χ0) is 43.5. The molecular weight excluding hydrogens is 785 g/mol. The number of ether oxygens (including phenoxy) is 1. The number of aliphatic hydroxyl groups is 1. The Morgan fingerprint density at radius 2 is 1.74 bits per heavy atom. The first-order valence-electron chi connectivity index (χ1n) is 20.8. The van der Waals surface area contributed by atoms with Crippen molar-refractivity contribution < 1.29 is 38.6 Å². The molecule has 4 atom stereocenters. The molecule has 1 unspecified atom stereocenters. The molecule has 5 amide bonds. The maximum absolute atomic E-state index is 14.9. The Kier molecular flexibility index (Phi) is 14.7. The van der Waals surface area contributed by atoms with Gasteiger partial charge in [0.15, 0.2) is 0 Å². The quantitative estimate of drug-likeness (QED) is 0.0717. The average molecular weight is 839 g/mol. The lowest BCUT2D eigenvalue weighted by Crippen LogP contribution is -2.56. The van der Waals surface area contributed by atoms with Crippen LogP contribution in [-0.2, 0) is 36.1 Å². The van der Waals surface area contributed by atoms with Crippen LogP contribution in [0.5, 0.6) is 0 Å². The number of Topliss-reactive ketones (excluding diaryl/α,β-unsaturated/α-hetero) is 1. The van der Waals surface area contributed by atoms with Crippen molar-refractivity contribution in [1.82, 2.24) is 45.8 Å². The Morgan fingerprint density at radius 1 is 0.967 bits per heavy atom. The minimum Gasteiger partial charge on any atom is -0.445 e. The van der Waals surface area contributed by atoms with Gasteiger partial charge in [-0.1, -0.05) is 67.6 Å². The second-order valence-corrected chi connectivity index (χ2v) is 16.4. The first-order valence-corrected chi connectivity index (χ1v) is 20.8. The Balaban J connectivity index is 1.19. The molecule has 0 bridgehead atoms. The molecule has 1 aromatic carbocycles. The first kappa shape index (κ1) is 44.3. The van der Waals surface area contributed by atoms with Crippen molar-refractivity contribution in [3.8, 4) is 0 Å². The molecule has 18 nitrogen and oxygen atoms in total. The molecule has 1 aliphatic carbocycles. The number of ketones is 1. The summed E-state index contributed by atoms with van der Waals surface area (Å²) < 4.78 is 6.73. The second kappa shape index (κ2) is 20.3. The summed E-state index contributed by atoms with van der Waals surface area (Å²) in [5.41, 5.74) is 6.09. The summed E-state index contributed by atoms with van der Waals surface area (Å²) in [6.07, 6.45) is 11.3. The molecule has 1 aliphatic heterocycles. The highest BCUT2D eigenvalue weighted by Gasteiger charge is 2.45. The van der Waals surface area contributed by atoms with Crippen molar-refractivity contribution in [2.75, 3.05) is 13.1 Å². The summed E-state index contributed by atoms with van der Waals surface area (Å²) in [6, 6.07) is 8.44. The summed E-state index contributed by atoms with van der Waals surface area (Å²) in [4.78, 5) is 90.5. The smallest absolute Gasteiger partial charge is 0.407 e. The van der Waals surface area contributed by atoms with Gasteiger partial charge in [-0.05, 0) is 63.1 Å². The highest BCUT2D eigenvalue weighted by atomic mass is 16.5. The van der Waals surface area contributed by atoms with E-state index in [1.54, 1.807) is 38.4 Å². The van der Waals surface area contributed by atoms with Crippen LogP contribution in [0.4, 0.5) is 4.79 Å². The van der Waals surface area contributed by atoms with E-state index in [0.29, 0.717) is 35.9 Å². The molecule has 18 heteroatoms. The fourth-order valence-corrected chi connectivity index (χ4v) is 8.10. The van der Waals surface area contributed by atoms with Gasteiger partial charge >= 0.3 is 6.09 Å². The third-order valence-electron chi connectivity index (χ3n) is 11.3. The molecule has 2 fully saturated rings. The van der Waals surface area contributed by atoms with Crippen LogP contribution in [0.2, 0.25) is 0 Å². The van der Waals surface area contributed by atoms with Crippen LogP contribution in [0, 0.1) is 5.92 Å². The second-order valence-electron chi connectivity index (χ2n) is 16.4. The van der Waals surface area contributed by atoms with E-state index in [4.69, 9.17) is 10.5 Å². The maximum Gasteiger partial charge on any atom is 0.407 e. The highest BCUT2D eigenvalue weighted by molar-refractivity contribution is 6.37. The molecule has 324 valence electrons. The zero-order valence-corrected chi connectivity index (χ0v) is 34.5. The SMILES string of the molecule is CC(C)(O)c1cnnn1[C@H]1C[C@@H](C(=O)NC(CCCCNC(=O)OCc2ccccc2)C(=O)C(N)=O)N(C(=O)[C@@H](CC2CCCCC2)NC(=O)c2cnc3cnccc3c2)C1. The van der Waals surface area contributed by atoms with Gasteiger partial charge in [-0.3, -0.25) is 33.9 Å². The lowest BCUT2D eigenvalue weighted by atomic mass is 9.84. The van der Waals surface area contributed by atoms with Gasteiger partial charge in [0.2, 0.25) is 17.6 Å². The lowest BCUT2D eigenvalue weighted by Gasteiger charge is -2.32. The van der Waals surface area contributed by atoms with Gasteiger partial charge in [0.1, 0.15) is 24.3 Å². The standard InChI is InChI=1S/C43H54N10O8/c1-43(2,60)36-24-48-51-53(36)31-21-35(40(57)49-32(37(54)38(44)55)15-9-10-17-46-42(59)61-26-28-13-7-4-8-14-28)52(25-31)41(58)33(19-27-11-5-3-6-12-27)50-39(56)30-20-29-16-18-45-23-34(29)47-22-30/h4,7-8,13-14,16,18,20,22-24,27,31-33,35,60H,3,5-6,9-12,15,17,19,21,25-26H2,1-2H3,(H2,44,55)(H,46,59)(H,49,57)(H,50,56)/t31-,32?,33+,35-/m0/s1. The molecule has 0 radical (unpaired) electrons. The van der Waals surface area contributed by atoms with Crippen molar-refractivity contribution in [2.45, 2.75) is 114 Å². The predicted molar refractivity (Wildman–Crippen MR) is 221 cm³/mol. The maximum atomic E-state index is 14.9. The Bertz CT molecular complexity index is 2190. The molecule has 1 saturated carbocycles. The molecule has 6 N–H and O–H groups in total. The number of carbonyl (C=O) groups is 6. The van der Waals surface area contributed by atoms with E-state index >= 15 is 0 Å². The molecule has 4 heterocycles. The number of aromatic nitrogens is 5. The molecule has 61 heavy (non-hydrogen) atoms. The van der Waals surface area contributed by atoms with Crippen LogP contribution in [0.15, 0.2) is 67.3 Å². The van der Waals surface area contributed by atoms with Crippen LogP contribution >= 0.6 is 0 Å². The molecule has 6 rings (SSSR count). The molecule has 1 saturated heterocycles. The van der Waals surface area contributed by atoms with Crippen LogP contribution in [0.3, 0.4) is 0 Å². The number of amides is 5. The van der Waals surface area contributed by atoms with Crippen LogP contribution in [0.25, 0.3) is 10.9 Å². The van der Waals surface area contributed by atoms with Gasteiger partial charge in [-0.25, -0.2) is 9.48 Å². The summed E-state index contributed by atoms with van der Waals surface area (Å²) in [5.74, 6) is -3.84. The third kappa shape index (κ3) is 11.7. The number of primary amides is 1. The molecule has 3 aromatic heterocycles. The number of hydrogen-bond donors (Lipinski definition) is 5. The number of carbonyl (C=O) groups excluding carboxylic acids is 6. The fourth-order valence-electron chi connectivity index (χ4n) is 8.10. The summed E-state index contributed by atoms with van der Waals surface area (Å²) in [5, 5.41) is 28.2. The molecule has 4 aromatic rings. The Morgan fingerprint density at radius 3 is 2.48 bits per heavy atom. The van der Waals surface area contributed by atoms with E-state index in [2.05, 4.69) is 36.2 Å². The van der Waals surface area contributed by atoms with Gasteiger partial charge in [-0.15, -0.1) is 5.10 Å². The third-order valence-corrected chi connectivity index (χ3v) is 11.3. The number of nitrogens with one attached hydrogen (secondary N) is 3. The van der Waals surface area contributed by atoms with E-state index < -0.39 is 65.3 Å². The number of pyridine rings is 2.